The van der Waals surface area contributed by atoms with Gasteiger partial charge in [-0.15, -0.1) is 0 Å². The summed E-state index contributed by atoms with van der Waals surface area (Å²) in [7, 11) is 0. The van der Waals surface area contributed by atoms with E-state index in [2.05, 4.69) is 25.8 Å². The molecule has 64 valence electrons. The highest BCUT2D eigenvalue weighted by Crippen LogP contribution is 2.24. The SMILES string of the molecule is CC(C)CC1(C)CN=C(N)O1. The van der Waals surface area contributed by atoms with Crippen molar-refractivity contribution in [2.75, 3.05) is 6.54 Å². The van der Waals surface area contributed by atoms with E-state index in [0.717, 1.165) is 6.42 Å². The first-order valence-electron chi connectivity index (χ1n) is 4.01. The van der Waals surface area contributed by atoms with Gasteiger partial charge in [-0.1, -0.05) is 13.8 Å². The summed E-state index contributed by atoms with van der Waals surface area (Å²) in [5, 5.41) is 0. The van der Waals surface area contributed by atoms with Gasteiger partial charge in [-0.05, 0) is 19.3 Å². The average molecular weight is 156 g/mol. The van der Waals surface area contributed by atoms with E-state index >= 15 is 0 Å². The zero-order chi connectivity index (χ0) is 8.48. The van der Waals surface area contributed by atoms with Gasteiger partial charge >= 0.3 is 0 Å². The highest BCUT2D eigenvalue weighted by Gasteiger charge is 2.32. The molecule has 1 atom stereocenters. The molecular weight excluding hydrogens is 140 g/mol. The Bertz CT molecular complexity index is 177. The molecule has 0 bridgehead atoms. The van der Waals surface area contributed by atoms with Crippen LogP contribution in [-0.2, 0) is 4.74 Å². The third-order valence-corrected chi connectivity index (χ3v) is 1.76. The Morgan fingerprint density at radius 1 is 1.73 bits per heavy atom. The first kappa shape index (κ1) is 8.37. The number of hydrogen-bond donors (Lipinski definition) is 1. The molecule has 2 N–H and O–H groups in total. The van der Waals surface area contributed by atoms with Crippen LogP contribution in [0.4, 0.5) is 0 Å². The van der Waals surface area contributed by atoms with Crippen molar-refractivity contribution in [2.45, 2.75) is 32.8 Å². The molecule has 11 heavy (non-hydrogen) atoms. The van der Waals surface area contributed by atoms with Crippen LogP contribution in [0.2, 0.25) is 0 Å². The Morgan fingerprint density at radius 3 is 2.73 bits per heavy atom. The third-order valence-electron chi connectivity index (χ3n) is 1.76. The lowest BCUT2D eigenvalue weighted by Crippen LogP contribution is -2.32. The fourth-order valence-corrected chi connectivity index (χ4v) is 1.53. The van der Waals surface area contributed by atoms with Crippen molar-refractivity contribution >= 4 is 6.02 Å². The number of amidine groups is 1. The van der Waals surface area contributed by atoms with Gasteiger partial charge < -0.3 is 10.5 Å². The standard InChI is InChI=1S/C8H16N2O/c1-6(2)4-8(3)5-10-7(9)11-8/h6H,4-5H2,1-3H3,(H2,9,10). The predicted octanol–water partition coefficient (Wildman–Crippen LogP) is 1.14. The van der Waals surface area contributed by atoms with Crippen LogP contribution >= 0.6 is 0 Å². The molecule has 0 aromatic carbocycles. The molecule has 0 aliphatic carbocycles. The quantitative estimate of drug-likeness (QED) is 0.651. The van der Waals surface area contributed by atoms with Crippen molar-refractivity contribution in [3.63, 3.8) is 0 Å². The van der Waals surface area contributed by atoms with Gasteiger partial charge in [-0.3, -0.25) is 0 Å². The average Bonchev–Trinajstić information content (AvgIpc) is 2.08. The molecular formula is C8H16N2O. The zero-order valence-corrected chi connectivity index (χ0v) is 7.42. The minimum atomic E-state index is -0.141. The number of rotatable bonds is 2. The van der Waals surface area contributed by atoms with Crippen LogP contribution in [0.5, 0.6) is 0 Å². The topological polar surface area (TPSA) is 47.6 Å². The molecule has 3 heteroatoms. The van der Waals surface area contributed by atoms with Crippen molar-refractivity contribution in [3.05, 3.63) is 0 Å². The van der Waals surface area contributed by atoms with Crippen LogP contribution in [0.3, 0.4) is 0 Å². The Balaban J connectivity index is 2.46. The van der Waals surface area contributed by atoms with Gasteiger partial charge in [0.2, 0.25) is 0 Å². The van der Waals surface area contributed by atoms with E-state index in [1.807, 2.05) is 0 Å². The van der Waals surface area contributed by atoms with E-state index in [9.17, 15) is 0 Å². The van der Waals surface area contributed by atoms with Crippen LogP contribution in [0.1, 0.15) is 27.2 Å². The van der Waals surface area contributed by atoms with Crippen LogP contribution in [0, 0.1) is 5.92 Å². The van der Waals surface area contributed by atoms with E-state index in [0.29, 0.717) is 18.5 Å². The molecule has 1 aliphatic heterocycles. The van der Waals surface area contributed by atoms with Gasteiger partial charge in [0.15, 0.2) is 0 Å². The largest absolute Gasteiger partial charge is 0.457 e. The van der Waals surface area contributed by atoms with Crippen molar-refractivity contribution < 1.29 is 4.74 Å². The Labute approximate surface area is 67.6 Å². The maximum atomic E-state index is 5.41. The predicted molar refractivity (Wildman–Crippen MR) is 45.4 cm³/mol. The number of ether oxygens (including phenoxy) is 1. The molecule has 0 aromatic heterocycles. The smallest absolute Gasteiger partial charge is 0.282 e. The molecule has 0 amide bonds. The summed E-state index contributed by atoms with van der Waals surface area (Å²) in [5.41, 5.74) is 5.27. The lowest BCUT2D eigenvalue weighted by Gasteiger charge is -2.24. The summed E-state index contributed by atoms with van der Waals surface area (Å²) in [6, 6.07) is 0.341. The Hall–Kier alpha value is -0.730. The van der Waals surface area contributed by atoms with Crippen molar-refractivity contribution in [1.82, 2.24) is 0 Å². The van der Waals surface area contributed by atoms with Crippen molar-refractivity contribution in [3.8, 4) is 0 Å². The molecule has 0 saturated carbocycles. The monoisotopic (exact) mass is 156 g/mol. The lowest BCUT2D eigenvalue weighted by molar-refractivity contribution is 0.0821. The summed E-state index contributed by atoms with van der Waals surface area (Å²) in [5.74, 6) is 0.626. The van der Waals surface area contributed by atoms with Gasteiger partial charge in [-0.25, -0.2) is 4.99 Å². The summed E-state index contributed by atoms with van der Waals surface area (Å²) in [4.78, 5) is 4.01. The minimum Gasteiger partial charge on any atom is -0.457 e. The van der Waals surface area contributed by atoms with Crippen LogP contribution in [-0.4, -0.2) is 18.2 Å². The fourth-order valence-electron chi connectivity index (χ4n) is 1.53. The van der Waals surface area contributed by atoms with Gasteiger partial charge in [0, 0.05) is 0 Å². The first-order chi connectivity index (χ1) is 5.02. The van der Waals surface area contributed by atoms with E-state index < -0.39 is 0 Å². The zero-order valence-electron chi connectivity index (χ0n) is 7.42. The first-order valence-corrected chi connectivity index (χ1v) is 4.01. The lowest BCUT2D eigenvalue weighted by atomic mass is 9.95. The Kier molecular flexibility index (Phi) is 2.07. The molecule has 1 aliphatic rings. The second-order valence-electron chi connectivity index (χ2n) is 3.80. The van der Waals surface area contributed by atoms with Crippen LogP contribution in [0.15, 0.2) is 4.99 Å². The number of hydrogen-bond acceptors (Lipinski definition) is 3. The van der Waals surface area contributed by atoms with Crippen molar-refractivity contribution in [2.24, 2.45) is 16.6 Å². The third kappa shape index (κ3) is 2.10. The summed E-state index contributed by atoms with van der Waals surface area (Å²) in [6.45, 7) is 7.10. The van der Waals surface area contributed by atoms with Crippen LogP contribution in [0.25, 0.3) is 0 Å². The maximum absolute atomic E-state index is 5.41. The summed E-state index contributed by atoms with van der Waals surface area (Å²) >= 11 is 0. The van der Waals surface area contributed by atoms with Gasteiger partial charge in [0.25, 0.3) is 6.02 Å². The van der Waals surface area contributed by atoms with E-state index in [-0.39, 0.29) is 5.60 Å². The van der Waals surface area contributed by atoms with Gasteiger partial charge in [0.05, 0.1) is 6.54 Å². The Morgan fingerprint density at radius 2 is 2.36 bits per heavy atom. The van der Waals surface area contributed by atoms with Crippen molar-refractivity contribution in [1.29, 1.82) is 0 Å². The maximum Gasteiger partial charge on any atom is 0.282 e. The molecule has 1 heterocycles. The summed E-state index contributed by atoms with van der Waals surface area (Å²) < 4.78 is 5.39. The second-order valence-corrected chi connectivity index (χ2v) is 3.80. The highest BCUT2D eigenvalue weighted by molar-refractivity contribution is 5.73. The minimum absolute atomic E-state index is 0.141. The van der Waals surface area contributed by atoms with E-state index in [4.69, 9.17) is 10.5 Å². The number of nitrogens with two attached hydrogens (primary N) is 1. The van der Waals surface area contributed by atoms with E-state index in [1.165, 1.54) is 0 Å². The molecule has 1 rings (SSSR count). The molecule has 0 saturated heterocycles. The highest BCUT2D eigenvalue weighted by atomic mass is 16.5. The molecule has 3 nitrogen and oxygen atoms in total. The molecule has 0 spiro atoms. The van der Waals surface area contributed by atoms with Gasteiger partial charge in [-0.2, -0.15) is 0 Å². The van der Waals surface area contributed by atoms with Crippen LogP contribution < -0.4 is 5.73 Å². The van der Waals surface area contributed by atoms with E-state index in [1.54, 1.807) is 0 Å². The number of aliphatic imine (C=N–C) groups is 1. The molecule has 1 unspecified atom stereocenters. The fraction of sp³-hybridized carbons (Fsp3) is 0.875. The second kappa shape index (κ2) is 2.72. The molecule has 0 aromatic rings. The molecule has 0 fully saturated rings. The van der Waals surface area contributed by atoms with Gasteiger partial charge in [0.1, 0.15) is 5.60 Å². The number of nitrogens with zero attached hydrogens (tertiary/aromatic N) is 1. The summed E-state index contributed by atoms with van der Waals surface area (Å²) in [6.07, 6.45) is 1.01. The molecule has 0 radical (unpaired) electrons. The normalized spacial score (nSPS) is 30.4.